The van der Waals surface area contributed by atoms with Crippen molar-refractivity contribution >= 4 is 5.95 Å². The quantitative estimate of drug-likeness (QED) is 0.193. The molecule has 0 unspecified atom stereocenters. The molecule has 4 aromatic rings. The van der Waals surface area contributed by atoms with Crippen LogP contribution in [0.15, 0.2) is 54.6 Å². The van der Waals surface area contributed by atoms with Crippen molar-refractivity contribution in [3.05, 3.63) is 93.5 Å². The van der Waals surface area contributed by atoms with Crippen molar-refractivity contribution in [3.8, 4) is 11.1 Å². The summed E-state index contributed by atoms with van der Waals surface area (Å²) in [5.74, 6) is -0.479. The number of hydrogen-bond acceptors (Lipinski definition) is 5. The molecule has 46 heavy (non-hydrogen) atoms. The van der Waals surface area contributed by atoms with E-state index in [2.05, 4.69) is 15.4 Å². The van der Waals surface area contributed by atoms with E-state index in [0.717, 1.165) is 21.8 Å². The molecular weight excluding hydrogens is 629 g/mol. The normalized spacial score (nSPS) is 14.1. The van der Waals surface area contributed by atoms with E-state index in [9.17, 15) is 44.6 Å². The Morgan fingerprint density at radius 3 is 1.80 bits per heavy atom. The molecule has 6 nitrogen and oxygen atoms in total. The van der Waals surface area contributed by atoms with Crippen LogP contribution in [-0.2, 0) is 44.3 Å². The smallest absolute Gasteiger partial charge is 0.385 e. The molecule has 0 spiro atoms. The number of anilines is 1. The van der Waals surface area contributed by atoms with Crippen molar-refractivity contribution in [2.75, 3.05) is 4.90 Å². The molecule has 1 aromatic heterocycles. The number of aliphatic hydroxyl groups is 1. The van der Waals surface area contributed by atoms with Crippen molar-refractivity contribution in [1.82, 2.24) is 20.2 Å². The monoisotopic (exact) mass is 659 g/mol. The van der Waals surface area contributed by atoms with Gasteiger partial charge in [-0.15, -0.1) is 5.10 Å². The molecule has 0 fully saturated rings. The van der Waals surface area contributed by atoms with Crippen LogP contribution in [0.25, 0.3) is 11.1 Å². The SMILES string of the molecule is Cc1ccc([C@](C)(O)C(C)C)cc1-c1ccc(C(F)(F)F)cc1CN(Cc1cc(C(F)(F)F)cc(C(F)(F)F)c1)c1nnn(C)n1. The molecule has 3 aromatic carbocycles. The van der Waals surface area contributed by atoms with Crippen LogP contribution in [0.4, 0.5) is 45.5 Å². The predicted molar refractivity (Wildman–Crippen MR) is 151 cm³/mol. The minimum atomic E-state index is -5.11. The molecule has 1 heterocycles. The van der Waals surface area contributed by atoms with E-state index in [1.165, 1.54) is 13.1 Å². The first-order chi connectivity index (χ1) is 21.1. The summed E-state index contributed by atoms with van der Waals surface area (Å²) in [6.07, 6.45) is -15.0. The number of alkyl halides is 9. The number of benzene rings is 3. The molecule has 0 aliphatic carbocycles. The summed E-state index contributed by atoms with van der Waals surface area (Å²) in [6, 6.07) is 9.08. The van der Waals surface area contributed by atoms with E-state index in [0.29, 0.717) is 34.4 Å². The van der Waals surface area contributed by atoms with Crippen LogP contribution in [0, 0.1) is 12.8 Å². The van der Waals surface area contributed by atoms with Gasteiger partial charge >= 0.3 is 18.5 Å². The first kappa shape index (κ1) is 34.7. The van der Waals surface area contributed by atoms with E-state index < -0.39 is 59.5 Å². The second kappa shape index (κ2) is 12.2. The third-order valence-corrected chi connectivity index (χ3v) is 7.83. The molecule has 1 N–H and O–H groups in total. The molecule has 0 radical (unpaired) electrons. The number of halogens is 9. The van der Waals surface area contributed by atoms with Crippen LogP contribution in [0.3, 0.4) is 0 Å². The lowest BCUT2D eigenvalue weighted by Gasteiger charge is -2.29. The van der Waals surface area contributed by atoms with Crippen molar-refractivity contribution in [1.29, 1.82) is 0 Å². The summed E-state index contributed by atoms with van der Waals surface area (Å²) in [6.45, 7) is 5.81. The fraction of sp³-hybridized carbons (Fsp3) is 0.387. The number of rotatable bonds is 8. The number of hydrogen-bond donors (Lipinski definition) is 1. The molecule has 0 aliphatic heterocycles. The predicted octanol–water partition coefficient (Wildman–Crippen LogP) is 8.31. The van der Waals surface area contributed by atoms with E-state index in [-0.39, 0.29) is 23.5 Å². The van der Waals surface area contributed by atoms with Gasteiger partial charge in [0, 0.05) is 13.1 Å². The summed E-state index contributed by atoms with van der Waals surface area (Å²) in [4.78, 5) is 2.13. The highest BCUT2D eigenvalue weighted by Crippen LogP contribution is 2.40. The highest BCUT2D eigenvalue weighted by atomic mass is 19.4. The Labute approximate surface area is 258 Å². The number of aryl methyl sites for hydroxylation is 2. The van der Waals surface area contributed by atoms with E-state index in [1.54, 1.807) is 45.9 Å². The Morgan fingerprint density at radius 1 is 0.739 bits per heavy atom. The lowest BCUT2D eigenvalue weighted by molar-refractivity contribution is -0.143. The van der Waals surface area contributed by atoms with Crippen LogP contribution in [-0.4, -0.2) is 25.3 Å². The molecule has 0 amide bonds. The highest BCUT2D eigenvalue weighted by molar-refractivity contribution is 5.72. The zero-order valence-corrected chi connectivity index (χ0v) is 25.3. The zero-order chi connectivity index (χ0) is 34.4. The molecule has 0 saturated carbocycles. The first-order valence-corrected chi connectivity index (χ1v) is 13.9. The van der Waals surface area contributed by atoms with Gasteiger partial charge in [0.15, 0.2) is 0 Å². The molecule has 1 atom stereocenters. The number of tetrazole rings is 1. The van der Waals surface area contributed by atoms with Gasteiger partial charge in [-0.3, -0.25) is 0 Å². The fourth-order valence-corrected chi connectivity index (χ4v) is 4.86. The highest BCUT2D eigenvalue weighted by Gasteiger charge is 2.37. The van der Waals surface area contributed by atoms with Gasteiger partial charge in [-0.25, -0.2) is 0 Å². The summed E-state index contributed by atoms with van der Waals surface area (Å²) in [5, 5.41) is 22.7. The third-order valence-electron chi connectivity index (χ3n) is 7.83. The minimum absolute atomic E-state index is 0.0127. The van der Waals surface area contributed by atoms with Crippen LogP contribution >= 0.6 is 0 Å². The van der Waals surface area contributed by atoms with Crippen molar-refractivity contribution in [2.24, 2.45) is 13.0 Å². The van der Waals surface area contributed by atoms with Crippen LogP contribution in [0.1, 0.15) is 59.7 Å². The van der Waals surface area contributed by atoms with Crippen LogP contribution < -0.4 is 4.90 Å². The van der Waals surface area contributed by atoms with E-state index in [1.807, 2.05) is 0 Å². The largest absolute Gasteiger partial charge is 0.416 e. The van der Waals surface area contributed by atoms with E-state index in [4.69, 9.17) is 0 Å². The summed E-state index contributed by atoms with van der Waals surface area (Å²) < 4.78 is 123. The van der Waals surface area contributed by atoms with Gasteiger partial charge in [-0.2, -0.15) is 44.3 Å². The Bertz CT molecular complexity index is 1670. The molecule has 0 saturated heterocycles. The Hall–Kier alpha value is -4.14. The maximum absolute atomic E-state index is 13.9. The molecule has 15 heteroatoms. The Kier molecular flexibility index (Phi) is 9.23. The van der Waals surface area contributed by atoms with Gasteiger partial charge in [0.05, 0.1) is 29.3 Å². The van der Waals surface area contributed by atoms with Crippen molar-refractivity contribution < 1.29 is 44.6 Å². The van der Waals surface area contributed by atoms with Crippen molar-refractivity contribution in [3.63, 3.8) is 0 Å². The maximum atomic E-state index is 13.9. The summed E-state index contributed by atoms with van der Waals surface area (Å²) >= 11 is 0. The van der Waals surface area contributed by atoms with Crippen molar-refractivity contribution in [2.45, 2.75) is 64.9 Å². The molecule has 0 aliphatic rings. The standard InChI is InChI=1S/C31H30F9N5O/c1-17(2)28(4,46)21-7-6-18(3)26(14-21)25-9-8-22(29(32,33)34)12-20(25)16-45(27-41-43-44(5)42-27)15-19-10-23(30(35,36)37)13-24(11-19)31(38,39)40/h6-14,17,46H,15-16H2,1-5H3/t28-/m1/s1. The first-order valence-electron chi connectivity index (χ1n) is 13.9. The molecule has 4 rings (SSSR count). The van der Waals surface area contributed by atoms with E-state index >= 15 is 0 Å². The van der Waals surface area contributed by atoms with Gasteiger partial charge in [-0.1, -0.05) is 37.1 Å². The number of aromatic nitrogens is 4. The summed E-state index contributed by atoms with van der Waals surface area (Å²) in [5.41, 5.74) is -3.95. The maximum Gasteiger partial charge on any atom is 0.416 e. The molecule has 248 valence electrons. The van der Waals surface area contributed by atoms with Gasteiger partial charge in [0.1, 0.15) is 0 Å². The molecule has 0 bridgehead atoms. The zero-order valence-electron chi connectivity index (χ0n) is 25.3. The second-order valence-corrected chi connectivity index (χ2v) is 11.6. The summed E-state index contributed by atoms with van der Waals surface area (Å²) in [7, 11) is 1.37. The van der Waals surface area contributed by atoms with Crippen LogP contribution in [0.5, 0.6) is 0 Å². The van der Waals surface area contributed by atoms with Crippen LogP contribution in [0.2, 0.25) is 0 Å². The van der Waals surface area contributed by atoms with Gasteiger partial charge in [-0.05, 0) is 94.8 Å². The van der Waals surface area contributed by atoms with Gasteiger partial charge < -0.3 is 10.0 Å². The third kappa shape index (κ3) is 7.62. The van der Waals surface area contributed by atoms with Gasteiger partial charge in [0.2, 0.25) is 0 Å². The average molecular weight is 660 g/mol. The fourth-order valence-electron chi connectivity index (χ4n) is 4.86. The Morgan fingerprint density at radius 2 is 1.30 bits per heavy atom. The van der Waals surface area contributed by atoms with Gasteiger partial charge in [0.25, 0.3) is 5.95 Å². The Balaban J connectivity index is 1.90. The lowest BCUT2D eigenvalue weighted by Crippen LogP contribution is -2.28. The second-order valence-electron chi connectivity index (χ2n) is 11.6. The minimum Gasteiger partial charge on any atom is -0.385 e. The molecular formula is C31H30F9N5O. The number of nitrogens with zero attached hydrogens (tertiary/aromatic N) is 5. The topological polar surface area (TPSA) is 67.1 Å². The average Bonchev–Trinajstić information content (AvgIpc) is 3.37. The lowest BCUT2D eigenvalue weighted by atomic mass is 9.82.